The molecule has 420 valence electrons. The molecule has 0 bridgehead atoms. The van der Waals surface area contributed by atoms with E-state index in [1.807, 2.05) is 0 Å². The number of hydrogen-bond donors (Lipinski definition) is 4. The Kier molecular flexibility index (Phi) is 15.3. The number of piperidine rings is 1. The summed E-state index contributed by atoms with van der Waals surface area (Å²) in [6.45, 7) is 11.2. The van der Waals surface area contributed by atoms with E-state index < -0.39 is 32.3 Å². The minimum Gasteiger partial charge on any atom is -0.359 e. The second-order valence-corrected chi connectivity index (χ2v) is 35.7. The molecule has 3 saturated carbocycles. The molecule has 3 aliphatic heterocycles. The van der Waals surface area contributed by atoms with Gasteiger partial charge in [0.15, 0.2) is 0 Å². The van der Waals surface area contributed by atoms with E-state index in [1.54, 1.807) is 4.31 Å². The number of anilines is 4. The number of nitrogens with zero attached hydrogens (tertiary/aromatic N) is 7. The summed E-state index contributed by atoms with van der Waals surface area (Å²) in [6, 6.07) is 7.43. The molecule has 5 heterocycles. The number of aryl methyl sites for hydroxylation is 4. The molecule has 7 aliphatic carbocycles. The Labute approximate surface area is 463 Å². The number of rotatable bonds is 14. The first-order valence-electron chi connectivity index (χ1n) is 29.8. The summed E-state index contributed by atoms with van der Waals surface area (Å²) in [5, 5.41) is 21.3. The van der Waals surface area contributed by atoms with Crippen LogP contribution in [0.5, 0.6) is 0 Å². The number of nitrogens with one attached hydrogen (secondary N) is 4. The van der Waals surface area contributed by atoms with E-state index in [-0.39, 0.29) is 17.4 Å². The van der Waals surface area contributed by atoms with Crippen molar-refractivity contribution < 1.29 is 21.6 Å². The lowest BCUT2D eigenvalue weighted by atomic mass is 9.68. The van der Waals surface area contributed by atoms with Crippen LogP contribution in [-0.4, -0.2) is 114 Å². The normalized spacial score (nSPS) is 23.6. The van der Waals surface area contributed by atoms with E-state index in [2.05, 4.69) is 77.9 Å². The van der Waals surface area contributed by atoms with Crippen molar-refractivity contribution in [2.45, 2.75) is 227 Å². The fourth-order valence-electron chi connectivity index (χ4n) is 15.2. The van der Waals surface area contributed by atoms with Gasteiger partial charge >= 0.3 is 0 Å². The third kappa shape index (κ3) is 11.5. The number of fused-ring (bicyclic) bond motifs is 4. The minimum atomic E-state index is -4.03. The van der Waals surface area contributed by atoms with Gasteiger partial charge < -0.3 is 20.7 Å². The van der Waals surface area contributed by atoms with Crippen LogP contribution in [0.15, 0.2) is 22.4 Å². The van der Waals surface area contributed by atoms with Crippen LogP contribution in [0.1, 0.15) is 160 Å². The third-order valence-electron chi connectivity index (χ3n) is 19.4. The van der Waals surface area contributed by atoms with Gasteiger partial charge in [-0.15, -0.1) is 10.2 Å². The van der Waals surface area contributed by atoms with E-state index in [0.717, 1.165) is 118 Å². The summed E-state index contributed by atoms with van der Waals surface area (Å²) in [4.78, 5) is 11.3. The number of halogens is 1. The summed E-state index contributed by atoms with van der Waals surface area (Å²) in [5.74, 6) is 1.79. The van der Waals surface area contributed by atoms with E-state index >= 15 is 0 Å². The van der Waals surface area contributed by atoms with Crippen molar-refractivity contribution >= 4 is 61.1 Å². The van der Waals surface area contributed by atoms with Gasteiger partial charge in [-0.05, 0) is 223 Å². The van der Waals surface area contributed by atoms with E-state index in [9.17, 15) is 16.8 Å². The quantitative estimate of drug-likeness (QED) is 0.0530. The zero-order valence-corrected chi connectivity index (χ0v) is 49.5. The first kappa shape index (κ1) is 54.2. The maximum Gasteiger partial charge on any atom is 0.298 e. The van der Waals surface area contributed by atoms with Gasteiger partial charge in [0.2, 0.25) is 11.9 Å². The van der Waals surface area contributed by atoms with Crippen molar-refractivity contribution in [2.24, 2.45) is 11.3 Å². The van der Waals surface area contributed by atoms with E-state index in [1.165, 1.54) is 152 Å². The Morgan fingerprint density at radius 2 is 1.30 bits per heavy atom. The van der Waals surface area contributed by atoms with Crippen LogP contribution >= 0.6 is 10.7 Å². The van der Waals surface area contributed by atoms with Gasteiger partial charge in [-0.3, -0.25) is 4.90 Å². The number of aromatic nitrogens is 6. The number of sulfonamides is 1. The minimum absolute atomic E-state index is 0.0411. The average Bonchev–Trinajstić information content (AvgIpc) is 3.94. The molecule has 3 saturated heterocycles. The zero-order chi connectivity index (χ0) is 53.2. The largest absolute Gasteiger partial charge is 0.359 e. The Balaban J connectivity index is 0.000000126. The maximum atomic E-state index is 13.4. The van der Waals surface area contributed by atoms with Crippen molar-refractivity contribution in [1.82, 2.24) is 44.5 Å². The predicted molar refractivity (Wildman–Crippen MR) is 305 cm³/mol. The fourth-order valence-corrected chi connectivity index (χ4v) is 17.8. The lowest BCUT2D eigenvalue weighted by Gasteiger charge is -2.44. The Hall–Kier alpha value is -3.43. The highest BCUT2D eigenvalue weighted by molar-refractivity contribution is 8.13. The van der Waals surface area contributed by atoms with Gasteiger partial charge in [-0.25, -0.2) is 26.6 Å². The SMILES string of the molecule is C1CCC2(CC1)CCNC2C1CC1.C[Si](C)(C)CCOCn1nc(S(=O)(=O)Cl)nc1Nc1c2c(cc3c1CCC3)CCC2.O=S(=O)(c1nc(Nc2c3c(cc4c2CCC4)CCC3)n[nH]1)N1CCC2(CCCN2C2CC2)CC1. The average molecular weight is 1130 g/mol. The molecule has 16 nitrogen and oxygen atoms in total. The summed E-state index contributed by atoms with van der Waals surface area (Å²) in [7, 11) is -3.41. The highest BCUT2D eigenvalue weighted by atomic mass is 35.7. The molecule has 20 heteroatoms. The molecule has 4 aromatic rings. The molecule has 10 aliphatic rings. The summed E-state index contributed by atoms with van der Waals surface area (Å²) >= 11 is 0. The van der Waals surface area contributed by atoms with Gasteiger partial charge in [-0.2, -0.15) is 14.3 Å². The molecular formula is C57H84ClN11O5S2Si. The standard InChI is InChI=1S/C25H34N6O2S.C20H29ClN4O3SSi.C12H21N/c32-34(33,30-14-11-25(12-15-30)10-3-13-31(25)19-8-9-19)24-27-23(28-29-24)26-22-20-6-1-4-17(20)16-18-5-2-7-21(18)22;1-30(2,3)11-10-28-13-25-19(23-20(24-25)29(21,26)27)22-18-16-8-4-6-14(16)12-15-7-5-9-17(15)18;1-2-6-12(7-3-1)8-9-13-11(12)10-4-5-10/h16,19H,1-15H2,(H2,26,27,28,29);12H,4-11,13H2,1-3H3,(H,22,23,24);10-11,13H,1-9H2. The second kappa shape index (κ2) is 21.8. The van der Waals surface area contributed by atoms with Crippen LogP contribution in [0.2, 0.25) is 25.7 Å². The van der Waals surface area contributed by atoms with Crippen LogP contribution in [0.3, 0.4) is 0 Å². The molecule has 14 rings (SSSR count). The van der Waals surface area contributed by atoms with Gasteiger partial charge in [0.05, 0.1) is 0 Å². The summed E-state index contributed by atoms with van der Waals surface area (Å²) in [6.07, 6.45) is 32.2. The van der Waals surface area contributed by atoms with Crippen molar-refractivity contribution in [3.63, 3.8) is 0 Å². The second-order valence-electron chi connectivity index (χ2n) is 25.8. The Bertz CT molecular complexity index is 2980. The molecule has 0 amide bonds. The van der Waals surface area contributed by atoms with Crippen LogP contribution < -0.4 is 16.0 Å². The number of benzene rings is 2. The number of aromatic amines is 1. The zero-order valence-electron chi connectivity index (χ0n) is 46.1. The first-order valence-corrected chi connectivity index (χ1v) is 37.3. The van der Waals surface area contributed by atoms with Crippen LogP contribution in [0.25, 0.3) is 0 Å². The molecular weight excluding hydrogens is 1050 g/mol. The Morgan fingerprint density at radius 3 is 1.86 bits per heavy atom. The molecule has 2 aromatic heterocycles. The molecule has 0 radical (unpaired) electrons. The molecule has 2 aromatic carbocycles. The van der Waals surface area contributed by atoms with Crippen molar-refractivity contribution in [1.29, 1.82) is 0 Å². The number of hydrogen-bond acceptors (Lipinski definition) is 13. The molecule has 77 heavy (non-hydrogen) atoms. The maximum absolute atomic E-state index is 13.4. The van der Waals surface area contributed by atoms with Gasteiger partial charge in [0, 0.05) is 67.5 Å². The highest BCUT2D eigenvalue weighted by Crippen LogP contribution is 2.52. The number of ether oxygens (including phenoxy) is 1. The van der Waals surface area contributed by atoms with Crippen LogP contribution in [0.4, 0.5) is 23.3 Å². The van der Waals surface area contributed by atoms with E-state index in [0.29, 0.717) is 31.6 Å². The molecule has 4 N–H and O–H groups in total. The van der Waals surface area contributed by atoms with Gasteiger partial charge in [0.1, 0.15) is 6.73 Å². The molecule has 2 spiro atoms. The van der Waals surface area contributed by atoms with Gasteiger partial charge in [-0.1, -0.05) is 51.0 Å². The monoisotopic (exact) mass is 1130 g/mol. The predicted octanol–water partition coefficient (Wildman–Crippen LogP) is 10.3. The summed E-state index contributed by atoms with van der Waals surface area (Å²) in [5.41, 5.74) is 14.2. The summed E-state index contributed by atoms with van der Waals surface area (Å²) < 4.78 is 59.4. The highest BCUT2D eigenvalue weighted by Gasteiger charge is 2.51. The van der Waals surface area contributed by atoms with Crippen molar-refractivity contribution in [2.75, 3.05) is 43.4 Å². The molecule has 1 unspecified atom stereocenters. The van der Waals surface area contributed by atoms with Crippen molar-refractivity contribution in [3.05, 3.63) is 56.6 Å². The third-order valence-corrected chi connectivity index (χ3v) is 23.9. The van der Waals surface area contributed by atoms with E-state index in [4.69, 9.17) is 15.4 Å². The lowest BCUT2D eigenvalue weighted by Crippen LogP contribution is -2.53. The molecule has 1 atom stereocenters. The molecule has 6 fully saturated rings. The fraction of sp³-hybridized carbons (Fsp3) is 0.719. The first-order chi connectivity index (χ1) is 37.1. The van der Waals surface area contributed by atoms with Crippen molar-refractivity contribution in [3.8, 4) is 0 Å². The Morgan fingerprint density at radius 1 is 0.701 bits per heavy atom. The smallest absolute Gasteiger partial charge is 0.298 e. The lowest BCUT2D eigenvalue weighted by molar-refractivity contribution is 0.0715. The van der Waals surface area contributed by atoms with Crippen LogP contribution in [-0.2, 0) is 81.9 Å². The number of likely N-dealkylation sites (tertiary alicyclic amines) is 1. The topological polar surface area (TPSA) is 192 Å². The van der Waals surface area contributed by atoms with Crippen LogP contribution in [0, 0.1) is 11.3 Å². The van der Waals surface area contributed by atoms with Gasteiger partial charge in [0.25, 0.3) is 29.4 Å². The number of H-pyrrole nitrogens is 1.